The molecule has 0 bridgehead atoms. The Balaban J connectivity index is 1.76. The standard InChI is InChI=1S/C18H34N2O2/c1-13-6-9-16(14(2)12-13)19-10-11-20(15-7-8-15)17(21)22-18(3,4)5/h13-16,19H,6-12H2,1-5H3. The van der Waals surface area contributed by atoms with Gasteiger partial charge in [-0.3, -0.25) is 0 Å². The second-order valence-corrected chi connectivity index (χ2v) is 8.36. The molecular formula is C18H34N2O2. The third kappa shape index (κ3) is 5.45. The van der Waals surface area contributed by atoms with Crippen LogP contribution in [0.3, 0.4) is 0 Å². The highest BCUT2D eigenvalue weighted by Gasteiger charge is 2.35. The molecule has 2 fully saturated rings. The van der Waals surface area contributed by atoms with Gasteiger partial charge in [0.25, 0.3) is 0 Å². The van der Waals surface area contributed by atoms with Gasteiger partial charge in [0.05, 0.1) is 0 Å². The van der Waals surface area contributed by atoms with Crippen molar-refractivity contribution in [3.8, 4) is 0 Å². The number of ether oxygens (including phenoxy) is 1. The zero-order valence-corrected chi connectivity index (χ0v) is 15.0. The van der Waals surface area contributed by atoms with Gasteiger partial charge in [0.1, 0.15) is 5.60 Å². The lowest BCUT2D eigenvalue weighted by Crippen LogP contribution is -2.45. The molecule has 2 saturated carbocycles. The van der Waals surface area contributed by atoms with Gasteiger partial charge in [-0.05, 0) is 64.7 Å². The molecule has 0 aliphatic heterocycles. The molecule has 0 heterocycles. The number of carbonyl (C=O) groups is 1. The van der Waals surface area contributed by atoms with Crippen LogP contribution in [0.1, 0.15) is 66.7 Å². The number of nitrogens with zero attached hydrogens (tertiary/aromatic N) is 1. The van der Waals surface area contributed by atoms with Gasteiger partial charge in [-0.2, -0.15) is 0 Å². The zero-order valence-electron chi connectivity index (χ0n) is 15.0. The van der Waals surface area contributed by atoms with E-state index in [-0.39, 0.29) is 6.09 Å². The topological polar surface area (TPSA) is 41.6 Å². The third-order valence-electron chi connectivity index (χ3n) is 4.81. The molecule has 22 heavy (non-hydrogen) atoms. The normalized spacial score (nSPS) is 29.2. The maximum absolute atomic E-state index is 12.3. The number of nitrogens with one attached hydrogen (secondary N) is 1. The summed E-state index contributed by atoms with van der Waals surface area (Å²) >= 11 is 0. The van der Waals surface area contributed by atoms with Crippen LogP contribution in [-0.4, -0.2) is 41.8 Å². The Morgan fingerprint density at radius 1 is 1.18 bits per heavy atom. The van der Waals surface area contributed by atoms with Crippen LogP contribution in [0, 0.1) is 11.8 Å². The van der Waals surface area contributed by atoms with Crippen molar-refractivity contribution in [2.24, 2.45) is 11.8 Å². The molecule has 3 unspecified atom stereocenters. The highest BCUT2D eigenvalue weighted by Crippen LogP contribution is 2.29. The van der Waals surface area contributed by atoms with E-state index in [1.54, 1.807) is 0 Å². The van der Waals surface area contributed by atoms with Crippen molar-refractivity contribution in [3.05, 3.63) is 0 Å². The van der Waals surface area contributed by atoms with Gasteiger partial charge in [0.15, 0.2) is 0 Å². The summed E-state index contributed by atoms with van der Waals surface area (Å²) in [6, 6.07) is 1.01. The Morgan fingerprint density at radius 3 is 2.41 bits per heavy atom. The van der Waals surface area contributed by atoms with Crippen molar-refractivity contribution in [2.75, 3.05) is 13.1 Å². The number of rotatable bonds is 5. The van der Waals surface area contributed by atoms with Gasteiger partial charge in [-0.1, -0.05) is 13.8 Å². The molecule has 128 valence electrons. The minimum absolute atomic E-state index is 0.151. The van der Waals surface area contributed by atoms with Crippen molar-refractivity contribution in [3.63, 3.8) is 0 Å². The molecule has 3 atom stereocenters. The molecule has 2 aliphatic carbocycles. The van der Waals surface area contributed by atoms with E-state index in [9.17, 15) is 4.79 Å². The molecule has 0 aromatic carbocycles. The SMILES string of the molecule is CC1CCC(NCCN(C(=O)OC(C)(C)C)C2CC2)C(C)C1. The van der Waals surface area contributed by atoms with Gasteiger partial charge in [0.2, 0.25) is 0 Å². The summed E-state index contributed by atoms with van der Waals surface area (Å²) < 4.78 is 5.54. The van der Waals surface area contributed by atoms with Crippen molar-refractivity contribution >= 4 is 6.09 Å². The molecule has 2 aliphatic rings. The monoisotopic (exact) mass is 310 g/mol. The fraction of sp³-hybridized carbons (Fsp3) is 0.944. The molecule has 1 N–H and O–H groups in total. The number of amides is 1. The number of hydrogen-bond acceptors (Lipinski definition) is 3. The van der Waals surface area contributed by atoms with E-state index < -0.39 is 5.60 Å². The second kappa shape index (κ2) is 7.20. The summed E-state index contributed by atoms with van der Waals surface area (Å²) in [6.45, 7) is 12.1. The smallest absolute Gasteiger partial charge is 0.410 e. The molecular weight excluding hydrogens is 276 g/mol. The van der Waals surface area contributed by atoms with E-state index in [1.165, 1.54) is 19.3 Å². The summed E-state index contributed by atoms with van der Waals surface area (Å²) in [5.41, 5.74) is -0.411. The summed E-state index contributed by atoms with van der Waals surface area (Å²) in [4.78, 5) is 14.2. The predicted molar refractivity (Wildman–Crippen MR) is 89.9 cm³/mol. The van der Waals surface area contributed by atoms with Crippen LogP contribution in [0.2, 0.25) is 0 Å². The minimum Gasteiger partial charge on any atom is -0.444 e. The minimum atomic E-state index is -0.411. The van der Waals surface area contributed by atoms with E-state index in [0.717, 1.165) is 37.8 Å². The summed E-state index contributed by atoms with van der Waals surface area (Å²) in [7, 11) is 0. The Kier molecular flexibility index (Phi) is 5.76. The van der Waals surface area contributed by atoms with Crippen molar-refractivity contribution in [2.45, 2.75) is 84.4 Å². The highest BCUT2D eigenvalue weighted by atomic mass is 16.6. The van der Waals surface area contributed by atoms with Crippen LogP contribution < -0.4 is 5.32 Å². The Labute approximate surface area is 136 Å². The zero-order chi connectivity index (χ0) is 16.3. The lowest BCUT2D eigenvalue weighted by molar-refractivity contribution is 0.0232. The average Bonchev–Trinajstić information content (AvgIpc) is 3.18. The van der Waals surface area contributed by atoms with Crippen LogP contribution in [0.15, 0.2) is 0 Å². The van der Waals surface area contributed by atoms with E-state index in [4.69, 9.17) is 4.74 Å². The molecule has 2 rings (SSSR count). The first-order valence-corrected chi connectivity index (χ1v) is 8.99. The number of carbonyl (C=O) groups excluding carboxylic acids is 1. The molecule has 0 aromatic heterocycles. The van der Waals surface area contributed by atoms with Gasteiger partial charge in [0, 0.05) is 25.2 Å². The Bertz CT molecular complexity index is 374. The molecule has 0 saturated heterocycles. The largest absolute Gasteiger partial charge is 0.444 e. The van der Waals surface area contributed by atoms with Gasteiger partial charge in [-0.15, -0.1) is 0 Å². The van der Waals surface area contributed by atoms with Crippen LogP contribution >= 0.6 is 0 Å². The molecule has 4 heteroatoms. The third-order valence-corrected chi connectivity index (χ3v) is 4.81. The van der Waals surface area contributed by atoms with Crippen molar-refractivity contribution in [1.82, 2.24) is 10.2 Å². The highest BCUT2D eigenvalue weighted by molar-refractivity contribution is 5.69. The molecule has 0 radical (unpaired) electrons. The van der Waals surface area contributed by atoms with Gasteiger partial charge >= 0.3 is 6.09 Å². The van der Waals surface area contributed by atoms with Crippen LogP contribution in [-0.2, 0) is 4.74 Å². The molecule has 0 aromatic rings. The average molecular weight is 310 g/mol. The predicted octanol–water partition coefficient (Wildman–Crippen LogP) is 3.80. The molecule has 1 amide bonds. The summed E-state index contributed by atoms with van der Waals surface area (Å²) in [6.07, 6.45) is 5.99. The first kappa shape index (κ1) is 17.6. The van der Waals surface area contributed by atoms with E-state index in [2.05, 4.69) is 19.2 Å². The summed E-state index contributed by atoms with van der Waals surface area (Å²) in [5, 5.41) is 3.67. The first-order chi connectivity index (χ1) is 10.3. The quantitative estimate of drug-likeness (QED) is 0.840. The van der Waals surface area contributed by atoms with Crippen LogP contribution in [0.25, 0.3) is 0 Å². The van der Waals surface area contributed by atoms with Crippen molar-refractivity contribution in [1.29, 1.82) is 0 Å². The Hall–Kier alpha value is -0.770. The maximum Gasteiger partial charge on any atom is 0.410 e. The fourth-order valence-corrected chi connectivity index (χ4v) is 3.47. The second-order valence-electron chi connectivity index (χ2n) is 8.36. The molecule has 4 nitrogen and oxygen atoms in total. The van der Waals surface area contributed by atoms with Crippen LogP contribution in [0.4, 0.5) is 4.79 Å². The van der Waals surface area contributed by atoms with Gasteiger partial charge in [-0.25, -0.2) is 4.79 Å². The molecule has 0 spiro atoms. The van der Waals surface area contributed by atoms with Gasteiger partial charge < -0.3 is 15.0 Å². The lowest BCUT2D eigenvalue weighted by atomic mass is 9.80. The number of hydrogen-bond donors (Lipinski definition) is 1. The van der Waals surface area contributed by atoms with Crippen LogP contribution in [0.5, 0.6) is 0 Å². The lowest BCUT2D eigenvalue weighted by Gasteiger charge is -2.34. The van der Waals surface area contributed by atoms with E-state index in [1.807, 2.05) is 25.7 Å². The fourth-order valence-electron chi connectivity index (χ4n) is 3.47. The van der Waals surface area contributed by atoms with E-state index in [0.29, 0.717) is 12.1 Å². The maximum atomic E-state index is 12.3. The Morgan fingerprint density at radius 2 is 1.86 bits per heavy atom. The first-order valence-electron chi connectivity index (χ1n) is 8.99. The van der Waals surface area contributed by atoms with Crippen molar-refractivity contribution < 1.29 is 9.53 Å². The van der Waals surface area contributed by atoms with E-state index >= 15 is 0 Å². The summed E-state index contributed by atoms with van der Waals surface area (Å²) in [5.74, 6) is 1.59.